The van der Waals surface area contributed by atoms with E-state index in [1.54, 1.807) is 6.07 Å². The first-order valence-electron chi connectivity index (χ1n) is 4.53. The van der Waals surface area contributed by atoms with E-state index in [-0.39, 0.29) is 5.56 Å². The zero-order valence-electron chi connectivity index (χ0n) is 8.08. The topological polar surface area (TPSA) is 26.0 Å². The summed E-state index contributed by atoms with van der Waals surface area (Å²) in [7, 11) is 0. The lowest BCUT2D eigenvalue weighted by Crippen LogP contribution is -2.14. The van der Waals surface area contributed by atoms with Gasteiger partial charge in [0.05, 0.1) is 6.04 Å². The predicted octanol–water partition coefficient (Wildman–Crippen LogP) is 3.84. The summed E-state index contributed by atoms with van der Waals surface area (Å²) < 4.78 is 27.8. The van der Waals surface area contributed by atoms with Gasteiger partial charge >= 0.3 is 0 Å². The standard InChI is InChI=1S/C11H8BrF2NS/c12-6-4-5-16-11(6)10(15)9-7(13)2-1-3-8(9)14/h1-5,10H,15H2. The molecule has 16 heavy (non-hydrogen) atoms. The highest BCUT2D eigenvalue weighted by molar-refractivity contribution is 9.10. The number of benzene rings is 1. The van der Waals surface area contributed by atoms with Crippen LogP contribution in [0.15, 0.2) is 34.1 Å². The molecule has 0 amide bonds. The molecule has 1 atom stereocenters. The summed E-state index contributed by atoms with van der Waals surface area (Å²) >= 11 is 4.66. The Hall–Kier alpha value is -0.780. The van der Waals surface area contributed by atoms with Crippen molar-refractivity contribution in [1.82, 2.24) is 0 Å². The summed E-state index contributed by atoms with van der Waals surface area (Å²) in [6, 6.07) is 4.76. The third kappa shape index (κ3) is 2.03. The molecule has 84 valence electrons. The Kier molecular flexibility index (Phi) is 3.37. The van der Waals surface area contributed by atoms with Gasteiger partial charge in [0.25, 0.3) is 0 Å². The molecule has 0 fully saturated rings. The second-order valence-corrected chi connectivity index (χ2v) is 5.05. The molecule has 1 nitrogen and oxygen atoms in total. The maximum absolute atomic E-state index is 13.5. The van der Waals surface area contributed by atoms with Gasteiger partial charge in [0.2, 0.25) is 0 Å². The first-order valence-corrected chi connectivity index (χ1v) is 6.21. The van der Waals surface area contributed by atoms with Gasteiger partial charge in [0, 0.05) is 14.9 Å². The van der Waals surface area contributed by atoms with Crippen molar-refractivity contribution in [3.05, 3.63) is 56.2 Å². The van der Waals surface area contributed by atoms with Crippen molar-refractivity contribution in [2.24, 2.45) is 5.73 Å². The minimum absolute atomic E-state index is 0.0920. The van der Waals surface area contributed by atoms with Crippen LogP contribution in [-0.4, -0.2) is 0 Å². The molecule has 1 aromatic heterocycles. The lowest BCUT2D eigenvalue weighted by molar-refractivity contribution is 0.544. The molecular weight excluding hydrogens is 296 g/mol. The highest BCUT2D eigenvalue weighted by Crippen LogP contribution is 2.33. The average Bonchev–Trinajstić information content (AvgIpc) is 2.64. The van der Waals surface area contributed by atoms with E-state index in [0.717, 1.165) is 4.47 Å². The molecule has 2 N–H and O–H groups in total. The number of halogens is 3. The predicted molar refractivity (Wildman–Crippen MR) is 64.4 cm³/mol. The highest BCUT2D eigenvalue weighted by Gasteiger charge is 2.20. The van der Waals surface area contributed by atoms with Crippen molar-refractivity contribution in [2.45, 2.75) is 6.04 Å². The number of nitrogens with two attached hydrogens (primary N) is 1. The number of hydrogen-bond acceptors (Lipinski definition) is 2. The Morgan fingerprint density at radius 2 is 1.81 bits per heavy atom. The molecule has 2 aromatic rings. The summed E-state index contributed by atoms with van der Waals surface area (Å²) in [6.45, 7) is 0. The fourth-order valence-corrected chi connectivity index (χ4v) is 3.10. The van der Waals surface area contributed by atoms with E-state index in [1.165, 1.54) is 29.5 Å². The Morgan fingerprint density at radius 3 is 2.31 bits per heavy atom. The van der Waals surface area contributed by atoms with Gasteiger partial charge in [0.15, 0.2) is 0 Å². The second kappa shape index (κ2) is 4.61. The number of rotatable bonds is 2. The van der Waals surface area contributed by atoms with Crippen LogP contribution in [0.3, 0.4) is 0 Å². The van der Waals surface area contributed by atoms with E-state index in [1.807, 2.05) is 5.38 Å². The van der Waals surface area contributed by atoms with Gasteiger partial charge in [-0.05, 0) is 39.5 Å². The lowest BCUT2D eigenvalue weighted by Gasteiger charge is -2.12. The molecule has 0 saturated heterocycles. The molecule has 0 saturated carbocycles. The SMILES string of the molecule is NC(c1sccc1Br)c1c(F)cccc1F. The molecule has 1 aromatic carbocycles. The molecule has 0 aliphatic rings. The molecule has 5 heteroatoms. The van der Waals surface area contributed by atoms with E-state index in [9.17, 15) is 8.78 Å². The van der Waals surface area contributed by atoms with Crippen molar-refractivity contribution in [3.8, 4) is 0 Å². The largest absolute Gasteiger partial charge is 0.319 e. The smallest absolute Gasteiger partial charge is 0.131 e. The third-order valence-electron chi connectivity index (χ3n) is 2.24. The fraction of sp³-hybridized carbons (Fsp3) is 0.0909. The van der Waals surface area contributed by atoms with Crippen molar-refractivity contribution in [2.75, 3.05) is 0 Å². The number of thiophene rings is 1. The zero-order valence-corrected chi connectivity index (χ0v) is 10.5. The normalized spacial score (nSPS) is 12.8. The Bertz CT molecular complexity index is 492. The first kappa shape index (κ1) is 11.7. The monoisotopic (exact) mass is 303 g/mol. The molecular formula is C11H8BrF2NS. The summed E-state index contributed by atoms with van der Waals surface area (Å²) in [5.41, 5.74) is 5.77. The van der Waals surface area contributed by atoms with Crippen LogP contribution >= 0.6 is 27.3 Å². The average molecular weight is 304 g/mol. The Morgan fingerprint density at radius 1 is 1.19 bits per heavy atom. The van der Waals surface area contributed by atoms with Gasteiger partial charge in [-0.25, -0.2) is 8.78 Å². The maximum Gasteiger partial charge on any atom is 0.131 e. The maximum atomic E-state index is 13.5. The Labute approximate surface area is 104 Å². The van der Waals surface area contributed by atoms with Crippen molar-refractivity contribution >= 4 is 27.3 Å². The van der Waals surface area contributed by atoms with Crippen molar-refractivity contribution < 1.29 is 8.78 Å². The molecule has 0 bridgehead atoms. The van der Waals surface area contributed by atoms with Crippen molar-refractivity contribution in [1.29, 1.82) is 0 Å². The molecule has 0 aliphatic heterocycles. The van der Waals surface area contributed by atoms with Crippen LogP contribution in [0.5, 0.6) is 0 Å². The summed E-state index contributed by atoms with van der Waals surface area (Å²) in [5.74, 6) is -1.24. The van der Waals surface area contributed by atoms with E-state index in [2.05, 4.69) is 15.9 Å². The van der Waals surface area contributed by atoms with Crippen LogP contribution in [0.4, 0.5) is 8.78 Å². The van der Waals surface area contributed by atoms with E-state index in [4.69, 9.17) is 5.73 Å². The van der Waals surface area contributed by atoms with Crippen LogP contribution in [0.1, 0.15) is 16.5 Å². The summed E-state index contributed by atoms with van der Waals surface area (Å²) in [4.78, 5) is 0.712. The van der Waals surface area contributed by atoms with Crippen LogP contribution < -0.4 is 5.73 Å². The minimum Gasteiger partial charge on any atom is -0.319 e. The molecule has 1 heterocycles. The van der Waals surface area contributed by atoms with E-state index in [0.29, 0.717) is 4.88 Å². The van der Waals surface area contributed by atoms with Crippen LogP contribution in [0, 0.1) is 11.6 Å². The summed E-state index contributed by atoms with van der Waals surface area (Å²) in [6.07, 6.45) is 0. The van der Waals surface area contributed by atoms with Gasteiger partial charge < -0.3 is 5.73 Å². The summed E-state index contributed by atoms with van der Waals surface area (Å²) in [5, 5.41) is 1.82. The van der Waals surface area contributed by atoms with E-state index >= 15 is 0 Å². The lowest BCUT2D eigenvalue weighted by atomic mass is 10.1. The van der Waals surface area contributed by atoms with Crippen molar-refractivity contribution in [3.63, 3.8) is 0 Å². The molecule has 0 radical (unpaired) electrons. The molecule has 0 aliphatic carbocycles. The number of hydrogen-bond donors (Lipinski definition) is 1. The zero-order chi connectivity index (χ0) is 11.7. The Balaban J connectivity index is 2.49. The second-order valence-electron chi connectivity index (χ2n) is 3.25. The molecule has 1 unspecified atom stereocenters. The quantitative estimate of drug-likeness (QED) is 0.896. The van der Waals surface area contributed by atoms with Crippen LogP contribution in [0.2, 0.25) is 0 Å². The van der Waals surface area contributed by atoms with Gasteiger partial charge in [-0.1, -0.05) is 6.07 Å². The third-order valence-corrected chi connectivity index (χ3v) is 4.19. The van der Waals surface area contributed by atoms with Crippen LogP contribution in [-0.2, 0) is 0 Å². The van der Waals surface area contributed by atoms with Gasteiger partial charge in [-0.2, -0.15) is 0 Å². The van der Waals surface area contributed by atoms with Gasteiger partial charge in [-0.15, -0.1) is 11.3 Å². The highest BCUT2D eigenvalue weighted by atomic mass is 79.9. The molecule has 0 spiro atoms. The van der Waals surface area contributed by atoms with Gasteiger partial charge in [0.1, 0.15) is 11.6 Å². The van der Waals surface area contributed by atoms with Gasteiger partial charge in [-0.3, -0.25) is 0 Å². The van der Waals surface area contributed by atoms with E-state index < -0.39 is 17.7 Å². The van der Waals surface area contributed by atoms with Crippen LogP contribution in [0.25, 0.3) is 0 Å². The minimum atomic E-state index is -0.782. The fourth-order valence-electron chi connectivity index (χ4n) is 1.47. The first-order chi connectivity index (χ1) is 7.61. The molecule has 2 rings (SSSR count).